The number of carbonyl (C=O) groups is 1. The number of aromatic nitrogens is 7. The van der Waals surface area contributed by atoms with Crippen LogP contribution in [0.15, 0.2) is 33.6 Å². The number of hydrogen-bond donors (Lipinski definition) is 2. The summed E-state index contributed by atoms with van der Waals surface area (Å²) in [5.41, 5.74) is 5.18. The van der Waals surface area contributed by atoms with Gasteiger partial charge in [0.2, 0.25) is 0 Å². The summed E-state index contributed by atoms with van der Waals surface area (Å²) < 4.78 is 1.63. The first-order valence-corrected chi connectivity index (χ1v) is 11.3. The Bertz CT molecular complexity index is 1400. The van der Waals surface area contributed by atoms with Gasteiger partial charge in [0, 0.05) is 36.6 Å². The minimum absolute atomic E-state index is 0.276. The van der Waals surface area contributed by atoms with Gasteiger partial charge in [-0.15, -0.1) is 5.10 Å². The fourth-order valence-electron chi connectivity index (χ4n) is 3.78. The second kappa shape index (κ2) is 8.70. The molecule has 0 saturated carbocycles. The molecule has 5 rings (SSSR count). The highest BCUT2D eigenvalue weighted by Crippen LogP contribution is 2.29. The molecule has 0 amide bonds. The molecule has 2 N–H and O–H groups in total. The van der Waals surface area contributed by atoms with E-state index in [1.807, 2.05) is 13.8 Å². The molecule has 1 aliphatic heterocycles. The lowest BCUT2D eigenvalue weighted by Crippen LogP contribution is -2.22. The first-order valence-electron chi connectivity index (χ1n) is 10.4. The van der Waals surface area contributed by atoms with Crippen LogP contribution in [0, 0.1) is 13.8 Å². The summed E-state index contributed by atoms with van der Waals surface area (Å²) in [6.45, 7) is 4.40. The summed E-state index contributed by atoms with van der Waals surface area (Å²) in [5, 5.41) is 22.2. The van der Waals surface area contributed by atoms with Crippen molar-refractivity contribution in [1.29, 1.82) is 0 Å². The van der Waals surface area contributed by atoms with E-state index in [-0.39, 0.29) is 6.42 Å². The molecule has 1 unspecified atom stereocenters. The smallest absolute Gasteiger partial charge is 0.317 e. The molecule has 168 valence electrons. The minimum Gasteiger partial charge on any atom is -0.480 e. The van der Waals surface area contributed by atoms with Crippen molar-refractivity contribution >= 4 is 46.3 Å². The van der Waals surface area contributed by atoms with Crippen LogP contribution in [-0.2, 0) is 17.6 Å². The molecule has 0 radical (unpaired) electrons. The molecular weight excluding hydrogens is 442 g/mol. The molecule has 0 fully saturated rings. The first-order chi connectivity index (χ1) is 16.0. The lowest BCUT2D eigenvalue weighted by molar-refractivity contribution is -0.136. The molecule has 11 nitrogen and oxygen atoms in total. The van der Waals surface area contributed by atoms with Gasteiger partial charge in [-0.1, -0.05) is 11.8 Å². The topological polar surface area (TPSA) is 147 Å². The van der Waals surface area contributed by atoms with E-state index < -0.39 is 11.2 Å². The van der Waals surface area contributed by atoms with Crippen LogP contribution in [-0.4, -0.2) is 69.7 Å². The molecule has 0 aromatic carbocycles. The lowest BCUT2D eigenvalue weighted by atomic mass is 10.1. The van der Waals surface area contributed by atoms with Crippen molar-refractivity contribution in [2.45, 2.75) is 43.5 Å². The van der Waals surface area contributed by atoms with Gasteiger partial charge in [-0.3, -0.25) is 19.9 Å². The SMILES string of the molecule is Cc1n[nH]c(C)c1CCc1nc2c3cnccc3nc(SC(CC3=NC=NC3)C(=O)O)n2n1. The lowest BCUT2D eigenvalue weighted by Gasteiger charge is -2.12. The van der Waals surface area contributed by atoms with E-state index in [9.17, 15) is 9.90 Å². The average Bonchev–Trinajstić information content (AvgIpc) is 3.53. The molecule has 0 saturated heterocycles. The van der Waals surface area contributed by atoms with Crippen molar-refractivity contribution < 1.29 is 9.90 Å². The van der Waals surface area contributed by atoms with Crippen molar-refractivity contribution in [3.63, 3.8) is 0 Å². The number of aryl methyl sites for hydroxylation is 3. The van der Waals surface area contributed by atoms with Crippen LogP contribution >= 0.6 is 11.8 Å². The number of nitrogens with one attached hydrogen (secondary N) is 1. The fourth-order valence-corrected chi connectivity index (χ4v) is 4.79. The van der Waals surface area contributed by atoms with Crippen LogP contribution in [0.5, 0.6) is 0 Å². The Morgan fingerprint density at radius 1 is 1.30 bits per heavy atom. The third kappa shape index (κ3) is 4.21. The van der Waals surface area contributed by atoms with Crippen molar-refractivity contribution in [1.82, 2.24) is 34.8 Å². The number of nitrogens with zero attached hydrogens (tertiary/aromatic N) is 8. The molecule has 4 aromatic rings. The van der Waals surface area contributed by atoms with Crippen molar-refractivity contribution in [3.8, 4) is 0 Å². The molecule has 5 heterocycles. The number of carboxylic acid groups (broad SMARTS) is 1. The van der Waals surface area contributed by atoms with Crippen LogP contribution < -0.4 is 0 Å². The molecule has 1 aliphatic rings. The zero-order valence-corrected chi connectivity index (χ0v) is 18.9. The van der Waals surface area contributed by atoms with Gasteiger partial charge in [0.05, 0.1) is 23.1 Å². The second-order valence-corrected chi connectivity index (χ2v) is 8.93. The first kappa shape index (κ1) is 21.2. The van der Waals surface area contributed by atoms with Gasteiger partial charge in [-0.05, 0) is 31.9 Å². The van der Waals surface area contributed by atoms with Crippen LogP contribution in [0.25, 0.3) is 16.6 Å². The Hall–Kier alpha value is -3.67. The Balaban J connectivity index is 1.50. The summed E-state index contributed by atoms with van der Waals surface area (Å²) in [7, 11) is 0. The van der Waals surface area contributed by atoms with Crippen molar-refractivity contribution in [3.05, 3.63) is 41.2 Å². The maximum absolute atomic E-state index is 12.0. The average molecular weight is 464 g/mol. The van der Waals surface area contributed by atoms with Crippen molar-refractivity contribution in [2.75, 3.05) is 6.54 Å². The summed E-state index contributed by atoms with van der Waals surface area (Å²) >= 11 is 1.14. The maximum Gasteiger partial charge on any atom is 0.317 e. The van der Waals surface area contributed by atoms with Gasteiger partial charge in [0.15, 0.2) is 16.6 Å². The Morgan fingerprint density at radius 2 is 2.18 bits per heavy atom. The van der Waals surface area contributed by atoms with Gasteiger partial charge in [-0.25, -0.2) is 15.0 Å². The number of carboxylic acids is 1. The summed E-state index contributed by atoms with van der Waals surface area (Å²) in [5.74, 6) is -0.291. The highest BCUT2D eigenvalue weighted by Gasteiger charge is 2.25. The molecule has 1 atom stereocenters. The van der Waals surface area contributed by atoms with Gasteiger partial charge in [0.1, 0.15) is 11.6 Å². The van der Waals surface area contributed by atoms with E-state index in [0.29, 0.717) is 35.1 Å². The Morgan fingerprint density at radius 3 is 2.91 bits per heavy atom. The fraction of sp³-hybridized carbons (Fsp3) is 0.333. The molecule has 4 aromatic heterocycles. The minimum atomic E-state index is -0.939. The molecule has 0 aliphatic carbocycles. The van der Waals surface area contributed by atoms with Gasteiger partial charge >= 0.3 is 5.97 Å². The van der Waals surface area contributed by atoms with Crippen molar-refractivity contribution in [2.24, 2.45) is 9.98 Å². The number of thioether (sulfide) groups is 1. The van der Waals surface area contributed by atoms with E-state index >= 15 is 0 Å². The van der Waals surface area contributed by atoms with Crippen LogP contribution in [0.2, 0.25) is 0 Å². The third-order valence-corrected chi connectivity index (χ3v) is 6.63. The molecular formula is C21H21N9O2S. The Kier molecular flexibility index (Phi) is 5.58. The molecule has 0 bridgehead atoms. The van der Waals surface area contributed by atoms with E-state index in [2.05, 4.69) is 35.2 Å². The number of aromatic amines is 1. The third-order valence-electron chi connectivity index (χ3n) is 5.51. The number of aliphatic imine (C=N–C) groups is 2. The summed E-state index contributed by atoms with van der Waals surface area (Å²) in [6, 6.07) is 1.79. The quantitative estimate of drug-likeness (QED) is 0.299. The summed E-state index contributed by atoms with van der Waals surface area (Å²) in [6.07, 6.45) is 6.46. The molecule has 33 heavy (non-hydrogen) atoms. The van der Waals surface area contributed by atoms with E-state index in [4.69, 9.17) is 4.98 Å². The molecule has 12 heteroatoms. The number of H-pyrrole nitrogens is 1. The molecule has 0 spiro atoms. The van der Waals surface area contributed by atoms with Gasteiger partial charge in [-0.2, -0.15) is 9.61 Å². The van der Waals surface area contributed by atoms with Crippen LogP contribution in [0.4, 0.5) is 0 Å². The van der Waals surface area contributed by atoms with E-state index in [1.165, 1.54) is 6.34 Å². The number of fused-ring (bicyclic) bond motifs is 3. The highest BCUT2D eigenvalue weighted by atomic mass is 32.2. The van der Waals surface area contributed by atoms with Crippen LogP contribution in [0.3, 0.4) is 0 Å². The summed E-state index contributed by atoms with van der Waals surface area (Å²) in [4.78, 5) is 33.8. The monoisotopic (exact) mass is 463 g/mol. The normalized spacial score (nSPS) is 14.3. The maximum atomic E-state index is 12.0. The highest BCUT2D eigenvalue weighted by molar-refractivity contribution is 8.00. The number of hydrogen-bond acceptors (Lipinski definition) is 9. The zero-order chi connectivity index (χ0) is 22.9. The van der Waals surface area contributed by atoms with Gasteiger partial charge < -0.3 is 5.11 Å². The van der Waals surface area contributed by atoms with E-state index in [0.717, 1.165) is 46.2 Å². The van der Waals surface area contributed by atoms with Crippen LogP contribution in [0.1, 0.15) is 29.2 Å². The Labute approximate surface area is 192 Å². The largest absolute Gasteiger partial charge is 0.480 e. The second-order valence-electron chi connectivity index (χ2n) is 7.76. The zero-order valence-electron chi connectivity index (χ0n) is 18.1. The predicted octanol–water partition coefficient (Wildman–Crippen LogP) is 2.22. The number of pyridine rings is 1. The van der Waals surface area contributed by atoms with Gasteiger partial charge in [0.25, 0.3) is 0 Å². The number of rotatable bonds is 8. The number of aliphatic carboxylic acids is 1. The van der Waals surface area contributed by atoms with E-state index in [1.54, 1.807) is 23.0 Å². The standard InChI is InChI=1S/C21H21N9O2S/c1-11-14(12(2)28-27-11)3-4-18-26-19-15-9-22-6-5-16(15)25-21(30(19)29-18)33-17(20(31)32)7-13-8-23-10-24-13/h5-6,9-10,17H,3-4,7-8H2,1-2H3,(H,27,28)(H,31,32). The predicted molar refractivity (Wildman–Crippen MR) is 124 cm³/mol.